The Labute approximate surface area is 187 Å². The lowest BCUT2D eigenvalue weighted by Gasteiger charge is -2.22. The van der Waals surface area contributed by atoms with Crippen LogP contribution >= 0.6 is 0 Å². The molecule has 1 heterocycles. The van der Waals surface area contributed by atoms with Crippen molar-refractivity contribution in [3.05, 3.63) is 108 Å². The van der Waals surface area contributed by atoms with E-state index in [1.165, 1.54) is 47.3 Å². The van der Waals surface area contributed by atoms with Crippen LogP contribution in [0.3, 0.4) is 0 Å². The van der Waals surface area contributed by atoms with Gasteiger partial charge in [-0.3, -0.25) is 0 Å². The highest BCUT2D eigenvalue weighted by atomic mass is 15.4. The smallest absolute Gasteiger partial charge is 0.0901 e. The Morgan fingerprint density at radius 2 is 1.26 bits per heavy atom. The molecule has 0 saturated heterocycles. The molecule has 160 valence electrons. The second-order valence-electron chi connectivity index (χ2n) is 8.26. The lowest BCUT2D eigenvalue weighted by Crippen LogP contribution is -2.26. The fraction of sp³-hybridized carbons (Fsp3) is 0.286. The van der Waals surface area contributed by atoms with Crippen molar-refractivity contribution in [1.82, 2.24) is 15.1 Å². The first-order valence-electron chi connectivity index (χ1n) is 11.4. The van der Waals surface area contributed by atoms with Crippen LogP contribution in [-0.2, 0) is 6.54 Å². The monoisotopic (exact) mass is 411 g/mol. The highest BCUT2D eigenvalue weighted by Gasteiger charge is 2.28. The predicted octanol–water partition coefficient (Wildman–Crippen LogP) is 5.68. The minimum Gasteiger partial charge on any atom is -0.355 e. The maximum Gasteiger partial charge on any atom is 0.0901 e. The molecule has 1 N–H and O–H groups in total. The number of hydrogen-bond donors (Lipinski definition) is 1. The summed E-state index contributed by atoms with van der Waals surface area (Å²) < 4.78 is 0. The van der Waals surface area contributed by atoms with Crippen molar-refractivity contribution in [3.63, 3.8) is 0 Å². The summed E-state index contributed by atoms with van der Waals surface area (Å²) in [5.74, 6) is 0. The van der Waals surface area contributed by atoms with Gasteiger partial charge in [-0.2, -0.15) is 0 Å². The van der Waals surface area contributed by atoms with Crippen LogP contribution in [0.2, 0.25) is 0 Å². The molecule has 0 fully saturated rings. The van der Waals surface area contributed by atoms with Crippen molar-refractivity contribution in [2.75, 3.05) is 26.8 Å². The molecule has 0 aromatic heterocycles. The van der Waals surface area contributed by atoms with Gasteiger partial charge in [-0.25, -0.2) is 0 Å². The summed E-state index contributed by atoms with van der Waals surface area (Å²) in [6, 6.07) is 32.3. The predicted molar refractivity (Wildman–Crippen MR) is 131 cm³/mol. The summed E-state index contributed by atoms with van der Waals surface area (Å²) in [7, 11) is 2.21. The van der Waals surface area contributed by atoms with Gasteiger partial charge in [0.2, 0.25) is 0 Å². The Kier molecular flexibility index (Phi) is 7.41. The number of benzene rings is 3. The largest absolute Gasteiger partial charge is 0.355 e. The molecule has 0 unspecified atom stereocenters. The van der Waals surface area contributed by atoms with E-state index in [1.807, 2.05) is 0 Å². The van der Waals surface area contributed by atoms with E-state index in [4.69, 9.17) is 0 Å². The maximum atomic E-state index is 3.57. The fourth-order valence-electron chi connectivity index (χ4n) is 4.34. The van der Waals surface area contributed by atoms with Gasteiger partial charge in [0.15, 0.2) is 0 Å². The van der Waals surface area contributed by atoms with E-state index in [0.29, 0.717) is 0 Å². The highest BCUT2D eigenvalue weighted by molar-refractivity contribution is 5.90. The van der Waals surface area contributed by atoms with Crippen LogP contribution in [-0.4, -0.2) is 36.6 Å². The second-order valence-corrected chi connectivity index (χ2v) is 8.26. The van der Waals surface area contributed by atoms with Crippen molar-refractivity contribution in [3.8, 4) is 0 Å². The van der Waals surface area contributed by atoms with Gasteiger partial charge in [0, 0.05) is 20.1 Å². The first-order valence-corrected chi connectivity index (χ1v) is 11.4. The van der Waals surface area contributed by atoms with E-state index in [1.54, 1.807) is 0 Å². The molecule has 0 bridgehead atoms. The van der Waals surface area contributed by atoms with E-state index >= 15 is 0 Å². The Morgan fingerprint density at radius 3 is 1.90 bits per heavy atom. The normalized spacial score (nSPS) is 13.8. The Balaban J connectivity index is 1.34. The molecular weight excluding hydrogens is 378 g/mol. The number of hydrogen-bond acceptors (Lipinski definition) is 3. The molecule has 1 aliphatic rings. The average Bonchev–Trinajstić information content (AvgIpc) is 3.16. The Bertz CT molecular complexity index is 951. The second kappa shape index (κ2) is 10.8. The topological polar surface area (TPSA) is 18.5 Å². The van der Waals surface area contributed by atoms with Crippen molar-refractivity contribution in [2.24, 2.45) is 0 Å². The van der Waals surface area contributed by atoms with Gasteiger partial charge >= 0.3 is 0 Å². The first kappa shape index (κ1) is 21.2. The zero-order chi connectivity index (χ0) is 21.3. The number of unbranched alkanes of at least 4 members (excludes halogenated alkanes) is 2. The highest BCUT2D eigenvalue weighted by Crippen LogP contribution is 2.36. The van der Waals surface area contributed by atoms with Gasteiger partial charge in [-0.15, -0.1) is 0 Å². The van der Waals surface area contributed by atoms with Gasteiger partial charge in [0.25, 0.3) is 0 Å². The molecule has 0 atom stereocenters. The van der Waals surface area contributed by atoms with Crippen LogP contribution in [0, 0.1) is 0 Å². The minimum atomic E-state index is 0.945. The van der Waals surface area contributed by atoms with E-state index in [-0.39, 0.29) is 0 Å². The van der Waals surface area contributed by atoms with Gasteiger partial charge in [-0.05, 0) is 36.1 Å². The van der Waals surface area contributed by atoms with Crippen molar-refractivity contribution < 1.29 is 0 Å². The summed E-state index contributed by atoms with van der Waals surface area (Å²) >= 11 is 0. The van der Waals surface area contributed by atoms with Crippen molar-refractivity contribution >= 4 is 11.4 Å². The molecule has 0 saturated carbocycles. The number of nitrogens with zero attached hydrogens (tertiary/aromatic N) is 2. The molecule has 1 aliphatic heterocycles. The summed E-state index contributed by atoms with van der Waals surface area (Å²) in [6.45, 7) is 4.06. The average molecular weight is 412 g/mol. The van der Waals surface area contributed by atoms with Crippen LogP contribution in [0.25, 0.3) is 11.4 Å². The summed E-state index contributed by atoms with van der Waals surface area (Å²) in [5, 5.41) is 3.57. The van der Waals surface area contributed by atoms with Crippen LogP contribution in [0.5, 0.6) is 0 Å². The Morgan fingerprint density at radius 1 is 0.677 bits per heavy atom. The van der Waals surface area contributed by atoms with Crippen LogP contribution in [0.4, 0.5) is 0 Å². The molecule has 4 rings (SSSR count). The quantitative estimate of drug-likeness (QED) is 0.433. The van der Waals surface area contributed by atoms with E-state index in [2.05, 4.69) is 113 Å². The van der Waals surface area contributed by atoms with E-state index < -0.39 is 0 Å². The minimum absolute atomic E-state index is 0.945. The molecule has 0 spiro atoms. The molecule has 3 nitrogen and oxygen atoms in total. The molecule has 3 aromatic carbocycles. The summed E-state index contributed by atoms with van der Waals surface area (Å²) in [5.41, 5.74) is 6.63. The van der Waals surface area contributed by atoms with Gasteiger partial charge in [0.05, 0.1) is 18.1 Å². The molecule has 0 radical (unpaired) electrons. The molecule has 0 amide bonds. The molecule has 0 aliphatic carbocycles. The third kappa shape index (κ3) is 5.56. The van der Waals surface area contributed by atoms with Crippen LogP contribution in [0.15, 0.2) is 91.0 Å². The summed E-state index contributed by atoms with van der Waals surface area (Å²) in [6.07, 6.45) is 3.66. The lowest BCUT2D eigenvalue weighted by molar-refractivity contribution is 0.305. The standard InChI is InChI=1S/C28H33N3/c1-30-23-31(21-13-5-12-20-29-22-24-14-6-2-7-15-24)28(26-18-10-4-11-19-26)27(30)25-16-8-3-9-17-25/h2-4,6-11,14-19,29H,5,12-13,20-23H2,1H3. The third-order valence-corrected chi connectivity index (χ3v) is 5.85. The summed E-state index contributed by atoms with van der Waals surface area (Å²) in [4.78, 5) is 4.94. The zero-order valence-corrected chi connectivity index (χ0v) is 18.5. The lowest BCUT2D eigenvalue weighted by atomic mass is 10.0. The molecule has 31 heavy (non-hydrogen) atoms. The van der Waals surface area contributed by atoms with Gasteiger partial charge in [-0.1, -0.05) is 97.4 Å². The maximum absolute atomic E-state index is 3.57. The molecule has 3 aromatic rings. The van der Waals surface area contributed by atoms with E-state index in [9.17, 15) is 0 Å². The fourth-order valence-corrected chi connectivity index (χ4v) is 4.34. The number of rotatable bonds is 10. The van der Waals surface area contributed by atoms with E-state index in [0.717, 1.165) is 26.3 Å². The molecular formula is C28H33N3. The third-order valence-electron chi connectivity index (χ3n) is 5.85. The van der Waals surface area contributed by atoms with Gasteiger partial charge in [0.1, 0.15) is 0 Å². The SMILES string of the molecule is CN1CN(CCCCCNCc2ccccc2)C(c2ccccc2)=C1c1ccccc1. The number of nitrogens with one attached hydrogen (secondary N) is 1. The van der Waals surface area contributed by atoms with Crippen molar-refractivity contribution in [2.45, 2.75) is 25.8 Å². The van der Waals surface area contributed by atoms with Gasteiger partial charge < -0.3 is 15.1 Å². The molecule has 3 heteroatoms. The van der Waals surface area contributed by atoms with Crippen LogP contribution in [0.1, 0.15) is 36.0 Å². The van der Waals surface area contributed by atoms with Crippen LogP contribution < -0.4 is 5.32 Å². The van der Waals surface area contributed by atoms with Crippen molar-refractivity contribution in [1.29, 1.82) is 0 Å². The Hall–Kier alpha value is -3.04. The first-order chi connectivity index (χ1) is 15.3. The zero-order valence-electron chi connectivity index (χ0n) is 18.5.